The molecule has 1 aliphatic rings. The van der Waals surface area contributed by atoms with E-state index in [9.17, 15) is 9.59 Å². The average Bonchev–Trinajstić information content (AvgIpc) is 3.08. The first kappa shape index (κ1) is 21.6. The monoisotopic (exact) mass is 481 g/mol. The summed E-state index contributed by atoms with van der Waals surface area (Å²) >= 11 is 4.76. The Labute approximate surface area is 182 Å². The summed E-state index contributed by atoms with van der Waals surface area (Å²) in [6.07, 6.45) is 1.25. The van der Waals surface area contributed by atoms with Gasteiger partial charge < -0.3 is 15.5 Å². The molecule has 0 saturated carbocycles. The molecule has 29 heavy (non-hydrogen) atoms. The van der Waals surface area contributed by atoms with Gasteiger partial charge in [0.05, 0.1) is 17.8 Å². The van der Waals surface area contributed by atoms with Crippen LogP contribution in [-0.2, 0) is 14.3 Å². The fourth-order valence-electron chi connectivity index (χ4n) is 3.24. The Morgan fingerprint density at radius 2 is 2.00 bits per heavy atom. The highest BCUT2D eigenvalue weighted by molar-refractivity contribution is 9.10. The number of benzene rings is 1. The maximum absolute atomic E-state index is 12.8. The quantitative estimate of drug-likeness (QED) is 0.384. The summed E-state index contributed by atoms with van der Waals surface area (Å²) in [5, 5.41) is 8.44. The molecule has 2 aromatic rings. The number of rotatable bonds is 6. The van der Waals surface area contributed by atoms with Crippen molar-refractivity contribution >= 4 is 39.6 Å². The number of piperidine rings is 1. The lowest BCUT2D eigenvalue weighted by Crippen LogP contribution is -2.43. The highest BCUT2D eigenvalue weighted by Crippen LogP contribution is 2.30. The molecular weight excluding hydrogens is 458 g/mol. The van der Waals surface area contributed by atoms with E-state index < -0.39 is 0 Å². The summed E-state index contributed by atoms with van der Waals surface area (Å²) in [5.74, 6) is 6.42. The number of carbonyl (C=O) groups excluding carboxylic acids is 2. The van der Waals surface area contributed by atoms with E-state index in [4.69, 9.17) is 10.6 Å². The van der Waals surface area contributed by atoms with E-state index in [1.54, 1.807) is 11.8 Å². The second-order valence-electron chi connectivity index (χ2n) is 6.77. The molecule has 0 aliphatic carbocycles. The minimum Gasteiger partial charge on any atom is -0.466 e. The lowest BCUT2D eigenvalue weighted by atomic mass is 9.97. The Bertz CT molecular complexity index is 882. The second-order valence-corrected chi connectivity index (χ2v) is 8.93. The molecule has 2 heterocycles. The number of hydrogen-bond donors (Lipinski definition) is 1. The number of amides is 1. The highest BCUT2D eigenvalue weighted by Gasteiger charge is 2.31. The fraction of sp³-hybridized carbons (Fsp3) is 0.474. The minimum absolute atomic E-state index is 0.00255. The summed E-state index contributed by atoms with van der Waals surface area (Å²) in [4.78, 5) is 26.5. The van der Waals surface area contributed by atoms with Crippen molar-refractivity contribution in [3.8, 4) is 11.4 Å². The smallest absolute Gasteiger partial charge is 0.309 e. The molecule has 1 aromatic carbocycles. The first-order chi connectivity index (χ1) is 13.9. The zero-order valence-corrected chi connectivity index (χ0v) is 18.8. The predicted octanol–water partition coefficient (Wildman–Crippen LogP) is 2.70. The van der Waals surface area contributed by atoms with Crippen molar-refractivity contribution in [2.45, 2.75) is 37.1 Å². The van der Waals surface area contributed by atoms with Gasteiger partial charge in [0.15, 0.2) is 5.82 Å². The van der Waals surface area contributed by atoms with Crippen LogP contribution in [0.1, 0.15) is 26.7 Å². The first-order valence-corrected chi connectivity index (χ1v) is 11.2. The predicted molar refractivity (Wildman–Crippen MR) is 115 cm³/mol. The standard InChI is InChI=1S/C19H24BrN5O3S/c1-3-28-18(27)13-8-10-24(11-9-13)17(26)12(2)29-19-23-22-16(25(19)21)14-6-4-5-7-15(14)20/h4-7,12-13H,3,8-11,21H2,1-2H3. The molecule has 10 heteroatoms. The SMILES string of the molecule is CCOC(=O)C1CCN(C(=O)C(C)Sc2nnc(-c3ccccc3Br)n2N)CC1. The number of esters is 1. The van der Waals surface area contributed by atoms with Gasteiger partial charge in [-0.2, -0.15) is 0 Å². The van der Waals surface area contributed by atoms with E-state index in [0.717, 1.165) is 10.0 Å². The van der Waals surface area contributed by atoms with Crippen LogP contribution in [0.4, 0.5) is 0 Å². The van der Waals surface area contributed by atoms with Gasteiger partial charge in [-0.05, 0) is 38.8 Å². The molecule has 1 fully saturated rings. The molecule has 0 bridgehead atoms. The van der Waals surface area contributed by atoms with Gasteiger partial charge in [0, 0.05) is 23.1 Å². The molecule has 0 spiro atoms. The Balaban J connectivity index is 1.61. The average molecular weight is 482 g/mol. The van der Waals surface area contributed by atoms with Gasteiger partial charge in [-0.15, -0.1) is 10.2 Å². The summed E-state index contributed by atoms with van der Waals surface area (Å²) in [7, 11) is 0. The third kappa shape index (κ3) is 4.92. The summed E-state index contributed by atoms with van der Waals surface area (Å²) in [6, 6.07) is 7.61. The molecule has 1 unspecified atom stereocenters. The summed E-state index contributed by atoms with van der Waals surface area (Å²) in [6.45, 7) is 5.10. The van der Waals surface area contributed by atoms with E-state index in [1.165, 1.54) is 16.4 Å². The fourth-order valence-corrected chi connectivity index (χ4v) is 4.56. The molecule has 3 rings (SSSR count). The number of carbonyl (C=O) groups is 2. The van der Waals surface area contributed by atoms with E-state index >= 15 is 0 Å². The lowest BCUT2D eigenvalue weighted by Gasteiger charge is -2.32. The van der Waals surface area contributed by atoms with Crippen LogP contribution in [0, 0.1) is 5.92 Å². The van der Waals surface area contributed by atoms with Crippen molar-refractivity contribution in [3.05, 3.63) is 28.7 Å². The van der Waals surface area contributed by atoms with Crippen molar-refractivity contribution in [3.63, 3.8) is 0 Å². The lowest BCUT2D eigenvalue weighted by molar-refractivity contribution is -0.151. The normalized spacial score (nSPS) is 15.9. The van der Waals surface area contributed by atoms with Crippen molar-refractivity contribution in [2.24, 2.45) is 5.92 Å². The van der Waals surface area contributed by atoms with Crippen LogP contribution >= 0.6 is 27.7 Å². The molecule has 156 valence electrons. The van der Waals surface area contributed by atoms with Crippen LogP contribution in [0.3, 0.4) is 0 Å². The number of nitrogens with two attached hydrogens (primary N) is 1. The van der Waals surface area contributed by atoms with E-state index in [-0.39, 0.29) is 23.0 Å². The van der Waals surface area contributed by atoms with E-state index in [2.05, 4.69) is 26.1 Å². The highest BCUT2D eigenvalue weighted by atomic mass is 79.9. The summed E-state index contributed by atoms with van der Waals surface area (Å²) < 4.78 is 7.35. The van der Waals surface area contributed by atoms with Crippen molar-refractivity contribution in [2.75, 3.05) is 25.5 Å². The number of halogens is 1. The number of nitrogens with zero attached hydrogens (tertiary/aromatic N) is 4. The Kier molecular flexibility index (Phi) is 7.18. The van der Waals surface area contributed by atoms with Crippen LogP contribution in [0.2, 0.25) is 0 Å². The zero-order chi connectivity index (χ0) is 21.0. The van der Waals surface area contributed by atoms with Gasteiger partial charge in [0.1, 0.15) is 0 Å². The van der Waals surface area contributed by atoms with Crippen molar-refractivity contribution in [1.82, 2.24) is 19.8 Å². The molecule has 1 aromatic heterocycles. The molecule has 0 radical (unpaired) electrons. The van der Waals surface area contributed by atoms with E-state index in [0.29, 0.717) is 43.5 Å². The Morgan fingerprint density at radius 1 is 1.31 bits per heavy atom. The number of hydrogen-bond acceptors (Lipinski definition) is 7. The maximum atomic E-state index is 12.8. The molecule has 8 nitrogen and oxygen atoms in total. The summed E-state index contributed by atoms with van der Waals surface area (Å²) in [5.41, 5.74) is 0.828. The van der Waals surface area contributed by atoms with Crippen molar-refractivity contribution in [1.29, 1.82) is 0 Å². The van der Waals surface area contributed by atoms with E-state index in [1.807, 2.05) is 31.2 Å². The Morgan fingerprint density at radius 3 is 2.66 bits per heavy atom. The molecule has 1 aliphatic heterocycles. The molecular formula is C19H24BrN5O3S. The molecule has 1 amide bonds. The minimum atomic E-state index is -0.368. The molecule has 1 atom stereocenters. The van der Waals surface area contributed by atoms with Gasteiger partial charge in [0.25, 0.3) is 0 Å². The largest absolute Gasteiger partial charge is 0.466 e. The van der Waals surface area contributed by atoms with Crippen LogP contribution in [-0.4, -0.2) is 56.6 Å². The van der Waals surface area contributed by atoms with Gasteiger partial charge >= 0.3 is 5.97 Å². The van der Waals surface area contributed by atoms with Crippen LogP contribution < -0.4 is 5.84 Å². The number of nitrogen functional groups attached to an aromatic ring is 1. The van der Waals surface area contributed by atoms with Gasteiger partial charge in [-0.25, -0.2) is 4.68 Å². The van der Waals surface area contributed by atoms with Gasteiger partial charge in [-0.1, -0.05) is 39.8 Å². The number of thioether (sulfide) groups is 1. The number of aromatic nitrogens is 3. The van der Waals surface area contributed by atoms with Gasteiger partial charge in [-0.3, -0.25) is 9.59 Å². The molecule has 2 N–H and O–H groups in total. The second kappa shape index (κ2) is 9.62. The van der Waals surface area contributed by atoms with Crippen LogP contribution in [0.15, 0.2) is 33.9 Å². The first-order valence-electron chi connectivity index (χ1n) is 9.49. The number of likely N-dealkylation sites (tertiary alicyclic amines) is 1. The third-order valence-corrected chi connectivity index (χ3v) is 6.57. The van der Waals surface area contributed by atoms with Crippen LogP contribution in [0.5, 0.6) is 0 Å². The van der Waals surface area contributed by atoms with Crippen LogP contribution in [0.25, 0.3) is 11.4 Å². The third-order valence-electron chi connectivity index (χ3n) is 4.84. The maximum Gasteiger partial charge on any atom is 0.309 e. The topological polar surface area (TPSA) is 103 Å². The zero-order valence-electron chi connectivity index (χ0n) is 16.4. The molecule has 1 saturated heterocycles. The van der Waals surface area contributed by atoms with Gasteiger partial charge in [0.2, 0.25) is 11.1 Å². The number of ether oxygens (including phenoxy) is 1. The Hall–Kier alpha value is -2.07. The van der Waals surface area contributed by atoms with Crippen molar-refractivity contribution < 1.29 is 14.3 Å².